The van der Waals surface area contributed by atoms with Crippen LogP contribution in [-0.2, 0) is 4.74 Å². The minimum absolute atomic E-state index is 0.644. The molecule has 0 aromatic carbocycles. The maximum absolute atomic E-state index is 5.87. The Morgan fingerprint density at radius 1 is 1.20 bits per heavy atom. The lowest BCUT2D eigenvalue weighted by Crippen LogP contribution is -2.17. The van der Waals surface area contributed by atoms with E-state index in [-0.39, 0.29) is 0 Å². The lowest BCUT2D eigenvalue weighted by atomic mass is 9.82. The standard InChI is InChI=1S/C13H23NO/c14-9-13(8-11-6-7-15-10-11)12-4-2-1-3-5-12/h8,11-12H,1-7,9-10,14H2. The quantitative estimate of drug-likeness (QED) is 0.725. The molecule has 15 heavy (non-hydrogen) atoms. The van der Waals surface area contributed by atoms with Crippen LogP contribution < -0.4 is 5.73 Å². The maximum atomic E-state index is 5.87. The highest BCUT2D eigenvalue weighted by Crippen LogP contribution is 2.30. The van der Waals surface area contributed by atoms with E-state index >= 15 is 0 Å². The molecule has 2 rings (SSSR count). The Kier molecular flexibility index (Phi) is 4.21. The molecule has 0 radical (unpaired) electrons. The molecule has 0 aromatic heterocycles. The van der Waals surface area contributed by atoms with E-state index in [0.717, 1.165) is 25.7 Å². The molecule has 1 heterocycles. The second kappa shape index (κ2) is 5.66. The van der Waals surface area contributed by atoms with E-state index in [4.69, 9.17) is 10.5 Å². The van der Waals surface area contributed by atoms with Crippen molar-refractivity contribution in [2.45, 2.75) is 38.5 Å². The van der Waals surface area contributed by atoms with Crippen molar-refractivity contribution >= 4 is 0 Å². The molecule has 2 aliphatic rings. The van der Waals surface area contributed by atoms with E-state index < -0.39 is 0 Å². The van der Waals surface area contributed by atoms with Gasteiger partial charge in [0, 0.05) is 19.1 Å². The summed E-state index contributed by atoms with van der Waals surface area (Å²) >= 11 is 0. The zero-order chi connectivity index (χ0) is 10.5. The first-order valence-electron chi connectivity index (χ1n) is 6.38. The summed E-state index contributed by atoms with van der Waals surface area (Å²) in [5, 5.41) is 0. The molecule has 0 bridgehead atoms. The van der Waals surface area contributed by atoms with Crippen molar-refractivity contribution < 1.29 is 4.74 Å². The summed E-state index contributed by atoms with van der Waals surface area (Å²) in [7, 11) is 0. The highest BCUT2D eigenvalue weighted by Gasteiger charge is 2.20. The van der Waals surface area contributed by atoms with Crippen molar-refractivity contribution in [3.05, 3.63) is 11.6 Å². The molecule has 1 aliphatic carbocycles. The molecule has 86 valence electrons. The molecule has 2 nitrogen and oxygen atoms in total. The van der Waals surface area contributed by atoms with Crippen molar-refractivity contribution in [3.63, 3.8) is 0 Å². The summed E-state index contributed by atoms with van der Waals surface area (Å²) in [6, 6.07) is 0. The number of ether oxygens (including phenoxy) is 1. The molecule has 1 saturated heterocycles. The van der Waals surface area contributed by atoms with Crippen LogP contribution in [-0.4, -0.2) is 19.8 Å². The molecule has 0 aromatic rings. The van der Waals surface area contributed by atoms with Gasteiger partial charge in [-0.2, -0.15) is 0 Å². The van der Waals surface area contributed by atoms with Crippen molar-refractivity contribution in [2.75, 3.05) is 19.8 Å². The average Bonchev–Trinajstić information content (AvgIpc) is 2.80. The van der Waals surface area contributed by atoms with Crippen LogP contribution in [0.1, 0.15) is 38.5 Å². The van der Waals surface area contributed by atoms with Crippen molar-refractivity contribution in [1.82, 2.24) is 0 Å². The number of hydrogen-bond donors (Lipinski definition) is 1. The maximum Gasteiger partial charge on any atom is 0.0529 e. The van der Waals surface area contributed by atoms with Crippen LogP contribution >= 0.6 is 0 Å². The van der Waals surface area contributed by atoms with Crippen LogP contribution in [0.25, 0.3) is 0 Å². The molecule has 2 heteroatoms. The van der Waals surface area contributed by atoms with Crippen molar-refractivity contribution in [2.24, 2.45) is 17.6 Å². The second-order valence-electron chi connectivity index (χ2n) is 4.90. The molecule has 2 fully saturated rings. The smallest absolute Gasteiger partial charge is 0.0529 e. The van der Waals surface area contributed by atoms with Gasteiger partial charge in [-0.05, 0) is 25.2 Å². The van der Waals surface area contributed by atoms with Crippen LogP contribution in [0.2, 0.25) is 0 Å². The Balaban J connectivity index is 1.94. The third-order valence-corrected chi connectivity index (χ3v) is 3.78. The number of rotatable bonds is 3. The first-order chi connectivity index (χ1) is 7.40. The van der Waals surface area contributed by atoms with Crippen LogP contribution in [0.4, 0.5) is 0 Å². The summed E-state index contributed by atoms with van der Waals surface area (Å²) < 4.78 is 5.40. The summed E-state index contributed by atoms with van der Waals surface area (Å²) in [5.74, 6) is 1.43. The predicted molar refractivity (Wildman–Crippen MR) is 62.6 cm³/mol. The van der Waals surface area contributed by atoms with Crippen LogP contribution in [0, 0.1) is 11.8 Å². The molecule has 1 atom stereocenters. The minimum atomic E-state index is 0.644. The SMILES string of the molecule is NCC(=CC1CCOC1)C1CCCCC1. The monoisotopic (exact) mass is 209 g/mol. The van der Waals surface area contributed by atoms with Gasteiger partial charge < -0.3 is 10.5 Å². The Morgan fingerprint density at radius 2 is 2.00 bits per heavy atom. The fourth-order valence-electron chi connectivity index (χ4n) is 2.83. The normalized spacial score (nSPS) is 29.7. The van der Waals surface area contributed by atoms with Gasteiger partial charge in [-0.15, -0.1) is 0 Å². The topological polar surface area (TPSA) is 35.2 Å². The summed E-state index contributed by atoms with van der Waals surface area (Å²) in [6.45, 7) is 2.60. The lowest BCUT2D eigenvalue weighted by Gasteiger charge is -2.24. The van der Waals surface area contributed by atoms with Crippen molar-refractivity contribution in [3.8, 4) is 0 Å². The minimum Gasteiger partial charge on any atom is -0.381 e. The summed E-state index contributed by atoms with van der Waals surface area (Å²) in [6.07, 6.45) is 10.5. The van der Waals surface area contributed by atoms with E-state index in [1.807, 2.05) is 0 Å². The van der Waals surface area contributed by atoms with Gasteiger partial charge in [0.05, 0.1) is 6.61 Å². The average molecular weight is 209 g/mol. The third kappa shape index (κ3) is 3.05. The van der Waals surface area contributed by atoms with Gasteiger partial charge in [-0.3, -0.25) is 0 Å². The van der Waals surface area contributed by atoms with E-state index in [9.17, 15) is 0 Å². The van der Waals surface area contributed by atoms with Gasteiger partial charge in [-0.1, -0.05) is 30.9 Å². The highest BCUT2D eigenvalue weighted by molar-refractivity contribution is 5.11. The fraction of sp³-hybridized carbons (Fsp3) is 0.846. The van der Waals surface area contributed by atoms with E-state index in [1.165, 1.54) is 44.1 Å². The molecule has 0 amide bonds. The predicted octanol–water partition coefficient (Wildman–Crippen LogP) is 2.49. The van der Waals surface area contributed by atoms with Gasteiger partial charge in [0.1, 0.15) is 0 Å². The molecular formula is C13H23NO. The Morgan fingerprint density at radius 3 is 2.60 bits per heavy atom. The largest absolute Gasteiger partial charge is 0.381 e. The zero-order valence-corrected chi connectivity index (χ0v) is 9.58. The first-order valence-corrected chi connectivity index (χ1v) is 6.38. The number of nitrogens with two attached hydrogens (primary N) is 1. The Labute approximate surface area is 92.9 Å². The van der Waals surface area contributed by atoms with E-state index in [1.54, 1.807) is 0 Å². The molecule has 1 unspecified atom stereocenters. The number of hydrogen-bond acceptors (Lipinski definition) is 2. The van der Waals surface area contributed by atoms with Crippen LogP contribution in [0.3, 0.4) is 0 Å². The van der Waals surface area contributed by atoms with E-state index in [0.29, 0.717) is 5.92 Å². The van der Waals surface area contributed by atoms with Gasteiger partial charge in [0.2, 0.25) is 0 Å². The van der Waals surface area contributed by atoms with Gasteiger partial charge in [0.25, 0.3) is 0 Å². The van der Waals surface area contributed by atoms with E-state index in [2.05, 4.69) is 6.08 Å². The second-order valence-corrected chi connectivity index (χ2v) is 4.90. The van der Waals surface area contributed by atoms with Crippen molar-refractivity contribution in [1.29, 1.82) is 0 Å². The molecule has 0 spiro atoms. The Bertz CT molecular complexity index is 213. The summed E-state index contributed by atoms with van der Waals surface area (Å²) in [4.78, 5) is 0. The van der Waals surface area contributed by atoms with Crippen LogP contribution in [0.5, 0.6) is 0 Å². The summed E-state index contributed by atoms with van der Waals surface area (Å²) in [5.41, 5.74) is 7.38. The first kappa shape index (κ1) is 11.2. The van der Waals surface area contributed by atoms with Gasteiger partial charge in [0.15, 0.2) is 0 Å². The van der Waals surface area contributed by atoms with Gasteiger partial charge >= 0.3 is 0 Å². The lowest BCUT2D eigenvalue weighted by molar-refractivity contribution is 0.191. The molecule has 2 N–H and O–H groups in total. The Hall–Kier alpha value is -0.340. The molecular weight excluding hydrogens is 186 g/mol. The highest BCUT2D eigenvalue weighted by atomic mass is 16.5. The molecule has 1 aliphatic heterocycles. The molecule has 1 saturated carbocycles. The van der Waals surface area contributed by atoms with Gasteiger partial charge in [-0.25, -0.2) is 0 Å². The third-order valence-electron chi connectivity index (χ3n) is 3.78. The van der Waals surface area contributed by atoms with Crippen LogP contribution in [0.15, 0.2) is 11.6 Å². The fourth-order valence-corrected chi connectivity index (χ4v) is 2.83. The zero-order valence-electron chi connectivity index (χ0n) is 9.58.